The Morgan fingerprint density at radius 2 is 1.89 bits per heavy atom. The first-order chi connectivity index (χ1) is 9.10. The molecule has 0 aromatic heterocycles. The van der Waals surface area contributed by atoms with Gasteiger partial charge in [0.1, 0.15) is 5.69 Å². The summed E-state index contributed by atoms with van der Waals surface area (Å²) in [5.74, 6) is -0.990. The minimum atomic E-state index is -0.703. The Morgan fingerprint density at radius 1 is 1.21 bits per heavy atom. The van der Waals surface area contributed by atoms with Gasteiger partial charge in [0.2, 0.25) is 0 Å². The van der Waals surface area contributed by atoms with Gasteiger partial charge in [-0.15, -0.1) is 0 Å². The predicted molar refractivity (Wildman–Crippen MR) is 65.5 cm³/mol. The summed E-state index contributed by atoms with van der Waals surface area (Å²) in [7, 11) is 0. The Kier molecular flexibility index (Phi) is 2.90. The van der Waals surface area contributed by atoms with Gasteiger partial charge in [-0.25, -0.2) is 8.78 Å². The van der Waals surface area contributed by atoms with Crippen LogP contribution in [0.2, 0.25) is 0 Å². The molecule has 5 heteroatoms. The van der Waals surface area contributed by atoms with E-state index >= 15 is 0 Å². The summed E-state index contributed by atoms with van der Waals surface area (Å²) in [5, 5.41) is 18.5. The van der Waals surface area contributed by atoms with E-state index in [0.29, 0.717) is 19.0 Å². The van der Waals surface area contributed by atoms with Crippen LogP contribution in [0, 0.1) is 34.8 Å². The molecule has 1 aromatic rings. The van der Waals surface area contributed by atoms with Crippen LogP contribution < -0.4 is 4.90 Å². The molecule has 1 aliphatic carbocycles. The highest BCUT2D eigenvalue weighted by Gasteiger charge is 2.43. The number of aliphatic hydroxyl groups is 1. The van der Waals surface area contributed by atoms with Crippen molar-refractivity contribution in [3.8, 4) is 6.07 Å². The fraction of sp³-hybridized carbons (Fsp3) is 0.500. The second-order valence-electron chi connectivity index (χ2n) is 5.37. The summed E-state index contributed by atoms with van der Waals surface area (Å²) in [6, 6.07) is 3.85. The quantitative estimate of drug-likeness (QED) is 0.844. The molecular weight excluding hydrogens is 250 g/mol. The fourth-order valence-electron chi connectivity index (χ4n) is 3.35. The molecule has 1 aromatic carbocycles. The lowest BCUT2D eigenvalue weighted by atomic mass is 10.00. The SMILES string of the molecule is N#Cc1cc(F)c(N2CC3CCC(O)C3C2)c(F)c1. The number of fused-ring (bicyclic) bond motifs is 1. The molecule has 2 aliphatic rings. The van der Waals surface area contributed by atoms with Gasteiger partial charge in [0.25, 0.3) is 0 Å². The van der Waals surface area contributed by atoms with Crippen LogP contribution in [0.25, 0.3) is 0 Å². The van der Waals surface area contributed by atoms with Crippen LogP contribution in [0.5, 0.6) is 0 Å². The second-order valence-corrected chi connectivity index (χ2v) is 5.37. The van der Waals surface area contributed by atoms with E-state index in [1.807, 2.05) is 0 Å². The number of rotatable bonds is 1. The molecule has 3 rings (SSSR count). The van der Waals surface area contributed by atoms with Crippen LogP contribution >= 0.6 is 0 Å². The third-order valence-corrected chi connectivity index (χ3v) is 4.28. The number of nitriles is 1. The summed E-state index contributed by atoms with van der Waals surface area (Å²) in [6.45, 7) is 1.05. The van der Waals surface area contributed by atoms with E-state index in [4.69, 9.17) is 5.26 Å². The van der Waals surface area contributed by atoms with Gasteiger partial charge in [-0.1, -0.05) is 0 Å². The monoisotopic (exact) mass is 264 g/mol. The van der Waals surface area contributed by atoms with Crippen molar-refractivity contribution in [3.63, 3.8) is 0 Å². The van der Waals surface area contributed by atoms with E-state index in [1.54, 1.807) is 11.0 Å². The van der Waals surface area contributed by atoms with E-state index in [1.165, 1.54) is 0 Å². The van der Waals surface area contributed by atoms with E-state index in [9.17, 15) is 13.9 Å². The maximum atomic E-state index is 13.9. The van der Waals surface area contributed by atoms with Crippen molar-refractivity contribution in [2.45, 2.75) is 18.9 Å². The molecule has 0 amide bonds. The lowest BCUT2D eigenvalue weighted by Crippen LogP contribution is -2.26. The predicted octanol–water partition coefficient (Wildman–Crippen LogP) is 2.04. The Bertz CT molecular complexity index is 532. The highest BCUT2D eigenvalue weighted by molar-refractivity contribution is 5.53. The van der Waals surface area contributed by atoms with Crippen molar-refractivity contribution in [2.24, 2.45) is 11.8 Å². The van der Waals surface area contributed by atoms with Crippen LogP contribution in [0.4, 0.5) is 14.5 Å². The number of hydrogen-bond donors (Lipinski definition) is 1. The zero-order chi connectivity index (χ0) is 13.6. The number of hydrogen-bond acceptors (Lipinski definition) is 3. The normalized spacial score (nSPS) is 29.4. The average molecular weight is 264 g/mol. The number of aliphatic hydroxyl groups excluding tert-OH is 1. The first kappa shape index (κ1) is 12.4. The molecule has 1 saturated heterocycles. The van der Waals surface area contributed by atoms with Gasteiger partial charge >= 0.3 is 0 Å². The molecule has 3 atom stereocenters. The molecule has 1 aliphatic heterocycles. The largest absolute Gasteiger partial charge is 0.393 e. The number of anilines is 1. The van der Waals surface area contributed by atoms with Gasteiger partial charge in [0.05, 0.1) is 17.7 Å². The highest BCUT2D eigenvalue weighted by Crippen LogP contribution is 2.41. The van der Waals surface area contributed by atoms with Crippen LogP contribution in [0.1, 0.15) is 18.4 Å². The van der Waals surface area contributed by atoms with Crippen molar-refractivity contribution >= 4 is 5.69 Å². The maximum absolute atomic E-state index is 13.9. The molecular formula is C14H14F2N2O. The molecule has 1 N–H and O–H groups in total. The molecule has 0 radical (unpaired) electrons. The highest BCUT2D eigenvalue weighted by atomic mass is 19.1. The van der Waals surface area contributed by atoms with Crippen molar-refractivity contribution < 1.29 is 13.9 Å². The van der Waals surface area contributed by atoms with Crippen LogP contribution in [-0.2, 0) is 0 Å². The molecule has 3 nitrogen and oxygen atoms in total. The number of halogens is 2. The maximum Gasteiger partial charge on any atom is 0.150 e. The Balaban J connectivity index is 1.91. The van der Waals surface area contributed by atoms with Gasteiger partial charge < -0.3 is 10.0 Å². The van der Waals surface area contributed by atoms with Gasteiger partial charge in [0, 0.05) is 19.0 Å². The van der Waals surface area contributed by atoms with Crippen molar-refractivity contribution in [3.05, 3.63) is 29.3 Å². The molecule has 2 fully saturated rings. The summed E-state index contributed by atoms with van der Waals surface area (Å²) < 4.78 is 27.9. The summed E-state index contributed by atoms with van der Waals surface area (Å²) in [4.78, 5) is 1.66. The first-order valence-corrected chi connectivity index (χ1v) is 6.42. The second kappa shape index (κ2) is 4.46. The van der Waals surface area contributed by atoms with Crippen LogP contribution in [0.3, 0.4) is 0 Å². The number of benzene rings is 1. The van der Waals surface area contributed by atoms with Gasteiger partial charge in [-0.2, -0.15) is 5.26 Å². The van der Waals surface area contributed by atoms with Crippen molar-refractivity contribution in [1.82, 2.24) is 0 Å². The fourth-order valence-corrected chi connectivity index (χ4v) is 3.35. The third-order valence-electron chi connectivity index (χ3n) is 4.28. The molecule has 100 valence electrons. The smallest absolute Gasteiger partial charge is 0.150 e. The zero-order valence-electron chi connectivity index (χ0n) is 10.3. The molecule has 3 unspecified atom stereocenters. The number of nitrogens with zero attached hydrogens (tertiary/aromatic N) is 2. The molecule has 1 heterocycles. The van der Waals surface area contributed by atoms with E-state index in [2.05, 4.69) is 0 Å². The minimum Gasteiger partial charge on any atom is -0.393 e. The van der Waals surface area contributed by atoms with Crippen molar-refractivity contribution in [2.75, 3.05) is 18.0 Å². The zero-order valence-corrected chi connectivity index (χ0v) is 10.3. The lowest BCUT2D eigenvalue weighted by Gasteiger charge is -2.21. The van der Waals surface area contributed by atoms with Gasteiger partial charge in [-0.3, -0.25) is 0 Å². The average Bonchev–Trinajstić information content (AvgIpc) is 2.91. The summed E-state index contributed by atoms with van der Waals surface area (Å²) in [5.41, 5.74) is -0.0845. The standard InChI is InChI=1S/C14H14F2N2O/c15-11-3-8(5-17)4-12(16)14(11)18-6-9-1-2-13(19)10(9)7-18/h3-4,9-10,13,19H,1-2,6-7H2. The third kappa shape index (κ3) is 1.96. The van der Waals surface area contributed by atoms with Gasteiger partial charge in [-0.05, 0) is 30.9 Å². The molecule has 0 bridgehead atoms. The van der Waals surface area contributed by atoms with Crippen LogP contribution in [0.15, 0.2) is 12.1 Å². The molecule has 19 heavy (non-hydrogen) atoms. The van der Waals surface area contributed by atoms with E-state index in [0.717, 1.165) is 25.0 Å². The van der Waals surface area contributed by atoms with Gasteiger partial charge in [0.15, 0.2) is 11.6 Å². The topological polar surface area (TPSA) is 47.3 Å². The molecule has 1 saturated carbocycles. The lowest BCUT2D eigenvalue weighted by molar-refractivity contribution is 0.133. The summed E-state index contributed by atoms with van der Waals surface area (Å²) >= 11 is 0. The van der Waals surface area contributed by atoms with Crippen LogP contribution in [-0.4, -0.2) is 24.3 Å². The first-order valence-electron chi connectivity index (χ1n) is 6.42. The van der Waals surface area contributed by atoms with E-state index < -0.39 is 11.6 Å². The Hall–Kier alpha value is -1.67. The molecule has 0 spiro atoms. The van der Waals surface area contributed by atoms with E-state index in [-0.39, 0.29) is 23.3 Å². The Labute approximate surface area is 110 Å². The minimum absolute atomic E-state index is 0.0156. The van der Waals surface area contributed by atoms with Crippen molar-refractivity contribution in [1.29, 1.82) is 5.26 Å². The Morgan fingerprint density at radius 3 is 2.47 bits per heavy atom. The summed E-state index contributed by atoms with van der Waals surface area (Å²) in [6.07, 6.45) is 1.32.